The van der Waals surface area contributed by atoms with E-state index < -0.39 is 6.43 Å². The number of piperidine rings is 1. The minimum atomic E-state index is -2.60. The Morgan fingerprint density at radius 2 is 1.80 bits per heavy atom. The Hall–Kier alpha value is -3.46. The van der Waals surface area contributed by atoms with Crippen LogP contribution in [0.3, 0.4) is 0 Å². The number of urea groups is 1. The number of nitrogens with zero attached hydrogens (tertiary/aromatic N) is 5. The van der Waals surface area contributed by atoms with Gasteiger partial charge in [0.1, 0.15) is 0 Å². The fourth-order valence-corrected chi connectivity index (χ4v) is 7.87. The van der Waals surface area contributed by atoms with Gasteiger partial charge >= 0.3 is 6.03 Å². The van der Waals surface area contributed by atoms with Crippen LogP contribution in [0.5, 0.6) is 0 Å². The predicted octanol–water partition coefficient (Wildman–Crippen LogP) is 6.10. The molecule has 9 heteroatoms. The van der Waals surface area contributed by atoms with Crippen LogP contribution in [-0.2, 0) is 26.6 Å². The van der Waals surface area contributed by atoms with Crippen LogP contribution in [-0.4, -0.2) is 58.3 Å². The summed E-state index contributed by atoms with van der Waals surface area (Å²) in [6.07, 6.45) is 7.44. The van der Waals surface area contributed by atoms with E-state index in [1.165, 1.54) is 24.0 Å². The zero-order valence-corrected chi connectivity index (χ0v) is 24.0. The second-order valence-electron chi connectivity index (χ2n) is 12.3. The molecule has 4 aliphatic rings. The number of alkyl halides is 2. The third-order valence-corrected chi connectivity index (χ3v) is 10.0. The molecule has 5 heterocycles. The maximum atomic E-state index is 14.5. The monoisotopic (exact) mass is 560 g/mol. The summed E-state index contributed by atoms with van der Waals surface area (Å²) >= 11 is 0. The summed E-state index contributed by atoms with van der Waals surface area (Å²) in [7, 11) is 5.73. The molecule has 4 aliphatic heterocycles. The van der Waals surface area contributed by atoms with Gasteiger partial charge in [-0.3, -0.25) is 4.68 Å². The second-order valence-corrected chi connectivity index (χ2v) is 12.3. The minimum absolute atomic E-state index is 0.0373. The maximum Gasteiger partial charge on any atom is 0.317 e. The van der Waals surface area contributed by atoms with Gasteiger partial charge < -0.3 is 20.0 Å². The van der Waals surface area contributed by atoms with E-state index in [1.54, 1.807) is 37.2 Å². The van der Waals surface area contributed by atoms with Crippen LogP contribution in [0.15, 0.2) is 36.7 Å². The van der Waals surface area contributed by atoms with Crippen LogP contribution in [0, 0.1) is 0 Å². The van der Waals surface area contributed by atoms with Gasteiger partial charge in [-0.25, -0.2) is 13.6 Å². The topological polar surface area (TPSA) is 56.6 Å². The van der Waals surface area contributed by atoms with E-state index in [2.05, 4.69) is 39.4 Å². The number of aromatic nitrogens is 2. The molecular weight excluding hydrogens is 522 g/mol. The molecule has 3 aromatic rings. The average molecular weight is 561 g/mol. The molecule has 2 unspecified atom stereocenters. The number of rotatable bonds is 4. The van der Waals surface area contributed by atoms with Gasteiger partial charge in [0.05, 0.1) is 12.7 Å². The summed E-state index contributed by atoms with van der Waals surface area (Å²) in [6, 6.07) is 9.47. The number of hydrogen-bond donors (Lipinski definition) is 1. The smallest absolute Gasteiger partial charge is 0.317 e. The first-order valence-electron chi connectivity index (χ1n) is 14.9. The molecule has 7 nitrogen and oxygen atoms in total. The second kappa shape index (κ2) is 10.1. The van der Waals surface area contributed by atoms with Gasteiger partial charge in [-0.15, -0.1) is 0 Å². The fourth-order valence-electron chi connectivity index (χ4n) is 7.87. The standard InChI is InChI=1S/C32H38F2N6O/c1-35-32(41)39-17-22-9-20(21-10-24-6-7-25(11-21)38(24)3)13-30(28(22)18-39)40-8-4-5-19-12-26(23-15-36-37(2)16-23)27(31(33)34)14-29(19)40/h9,12-16,21,24-25,31H,4-8,10-11,17-18H2,1-3H3,(H,35,41). The SMILES string of the molecule is CNC(=O)N1Cc2cc(C3CC4CCC(C3)N4C)cc(N3CCCc4cc(-c5cnn(C)c5)c(C(F)F)cc43)c2C1. The van der Waals surface area contributed by atoms with Crippen LogP contribution >= 0.6 is 0 Å². The van der Waals surface area contributed by atoms with Crippen molar-refractivity contribution in [3.05, 3.63) is 64.5 Å². The van der Waals surface area contributed by atoms with Crippen molar-refractivity contribution >= 4 is 17.4 Å². The summed E-state index contributed by atoms with van der Waals surface area (Å²) in [5.41, 5.74) is 7.97. The van der Waals surface area contributed by atoms with Crippen LogP contribution in [0.2, 0.25) is 0 Å². The summed E-state index contributed by atoms with van der Waals surface area (Å²) < 4.78 is 30.7. The molecule has 0 spiro atoms. The molecule has 2 atom stereocenters. The first-order valence-corrected chi connectivity index (χ1v) is 14.9. The van der Waals surface area contributed by atoms with Gasteiger partial charge in [0.25, 0.3) is 6.43 Å². The summed E-state index contributed by atoms with van der Waals surface area (Å²) in [4.78, 5) is 19.4. The van der Waals surface area contributed by atoms with Crippen LogP contribution in [0.1, 0.15) is 72.3 Å². The molecular formula is C32H38F2N6O. The molecule has 1 N–H and O–H groups in total. The molecule has 0 saturated carbocycles. The van der Waals surface area contributed by atoms with Crippen molar-refractivity contribution in [1.82, 2.24) is 24.9 Å². The molecule has 0 aliphatic carbocycles. The van der Waals surface area contributed by atoms with Crippen molar-refractivity contribution in [1.29, 1.82) is 0 Å². The van der Waals surface area contributed by atoms with Crippen molar-refractivity contribution in [2.75, 3.05) is 25.5 Å². The van der Waals surface area contributed by atoms with E-state index in [4.69, 9.17) is 0 Å². The third-order valence-electron chi connectivity index (χ3n) is 10.0. The number of benzene rings is 2. The van der Waals surface area contributed by atoms with E-state index in [-0.39, 0.29) is 11.6 Å². The normalized spacial score (nSPS) is 23.7. The van der Waals surface area contributed by atoms with Crippen molar-refractivity contribution in [2.24, 2.45) is 7.05 Å². The Bertz CT molecular complexity index is 1490. The number of carbonyl (C=O) groups excluding carboxylic acids is 1. The molecule has 216 valence electrons. The molecule has 2 saturated heterocycles. The molecule has 2 bridgehead atoms. The lowest BCUT2D eigenvalue weighted by Crippen LogP contribution is -2.39. The zero-order valence-electron chi connectivity index (χ0n) is 24.0. The first kappa shape index (κ1) is 26.4. The van der Waals surface area contributed by atoms with Gasteiger partial charge in [-0.1, -0.05) is 6.07 Å². The highest BCUT2D eigenvalue weighted by molar-refractivity contribution is 5.80. The van der Waals surface area contributed by atoms with Gasteiger partial charge in [-0.05, 0) is 91.9 Å². The number of fused-ring (bicyclic) bond motifs is 4. The van der Waals surface area contributed by atoms with Crippen LogP contribution in [0.25, 0.3) is 11.1 Å². The van der Waals surface area contributed by atoms with Gasteiger partial charge in [0, 0.05) is 73.5 Å². The Morgan fingerprint density at radius 3 is 2.49 bits per heavy atom. The summed E-state index contributed by atoms with van der Waals surface area (Å²) in [6.45, 7) is 1.85. The highest BCUT2D eigenvalue weighted by atomic mass is 19.3. The maximum absolute atomic E-state index is 14.5. The Labute approximate surface area is 240 Å². The largest absolute Gasteiger partial charge is 0.341 e. The lowest BCUT2D eigenvalue weighted by molar-refractivity contribution is 0.152. The molecule has 2 aromatic carbocycles. The summed E-state index contributed by atoms with van der Waals surface area (Å²) in [5, 5.41) is 7.01. The lowest BCUT2D eigenvalue weighted by Gasteiger charge is -2.38. The van der Waals surface area contributed by atoms with Gasteiger partial charge in [-0.2, -0.15) is 5.10 Å². The molecule has 0 radical (unpaired) electrons. The van der Waals surface area contributed by atoms with Gasteiger partial charge in [0.15, 0.2) is 0 Å². The van der Waals surface area contributed by atoms with E-state index in [0.717, 1.165) is 54.7 Å². The highest BCUT2D eigenvalue weighted by Gasteiger charge is 2.40. The number of hydrogen-bond acceptors (Lipinski definition) is 4. The van der Waals surface area contributed by atoms with Gasteiger partial charge in [0.2, 0.25) is 0 Å². The van der Waals surface area contributed by atoms with Crippen molar-refractivity contribution < 1.29 is 13.6 Å². The van der Waals surface area contributed by atoms with E-state index in [0.29, 0.717) is 42.2 Å². The Balaban J connectivity index is 1.33. The number of nitrogens with one attached hydrogen (secondary N) is 1. The number of carbonyl (C=O) groups is 1. The first-order chi connectivity index (χ1) is 19.8. The Kier molecular flexibility index (Phi) is 6.52. The van der Waals surface area contributed by atoms with Crippen molar-refractivity contribution in [2.45, 2.75) is 76.0 Å². The molecule has 1 aromatic heterocycles. The molecule has 41 heavy (non-hydrogen) atoms. The summed E-state index contributed by atoms with van der Waals surface area (Å²) in [5.74, 6) is 0.468. The predicted molar refractivity (Wildman–Crippen MR) is 156 cm³/mol. The molecule has 2 fully saturated rings. The molecule has 7 rings (SSSR count). The zero-order chi connectivity index (χ0) is 28.4. The highest BCUT2D eigenvalue weighted by Crippen LogP contribution is 2.47. The van der Waals surface area contributed by atoms with Crippen molar-refractivity contribution in [3.8, 4) is 11.1 Å². The number of halogens is 2. The number of anilines is 2. The number of amides is 2. The van der Waals surface area contributed by atoms with Crippen LogP contribution in [0.4, 0.5) is 25.0 Å². The average Bonchev–Trinajstić information content (AvgIpc) is 3.65. The third kappa shape index (κ3) is 4.49. The quantitative estimate of drug-likeness (QED) is 0.419. The molecule has 2 amide bonds. The number of aryl methyl sites for hydroxylation is 2. The van der Waals surface area contributed by atoms with Crippen molar-refractivity contribution in [3.63, 3.8) is 0 Å². The fraction of sp³-hybridized carbons (Fsp3) is 0.500. The lowest BCUT2D eigenvalue weighted by atomic mass is 9.83. The minimum Gasteiger partial charge on any atom is -0.341 e. The van der Waals surface area contributed by atoms with E-state index in [1.807, 2.05) is 11.0 Å². The van der Waals surface area contributed by atoms with E-state index >= 15 is 0 Å². The van der Waals surface area contributed by atoms with E-state index in [9.17, 15) is 13.6 Å². The Morgan fingerprint density at radius 1 is 1.02 bits per heavy atom. The van der Waals surface area contributed by atoms with Crippen LogP contribution < -0.4 is 10.2 Å².